The molecule has 0 saturated carbocycles. The molecule has 1 fully saturated rings. The zero-order chi connectivity index (χ0) is 25.9. The highest BCUT2D eigenvalue weighted by atomic mass is 35.5. The third-order valence-electron chi connectivity index (χ3n) is 5.65. The van der Waals surface area contributed by atoms with Crippen molar-refractivity contribution in [3.05, 3.63) is 87.3 Å². The van der Waals surface area contributed by atoms with Crippen molar-refractivity contribution >= 4 is 63.5 Å². The van der Waals surface area contributed by atoms with Crippen molar-refractivity contribution in [2.45, 2.75) is 13.5 Å². The summed E-state index contributed by atoms with van der Waals surface area (Å²) in [5, 5.41) is 3.34. The van der Waals surface area contributed by atoms with Gasteiger partial charge in [0, 0.05) is 10.7 Å². The Kier molecular flexibility index (Phi) is 7.36. The molecule has 2 amide bonds. The van der Waals surface area contributed by atoms with E-state index in [9.17, 15) is 9.59 Å². The summed E-state index contributed by atoms with van der Waals surface area (Å²) in [5.74, 6) is 1.44. The molecular formula is C27H21ClN2O5S2. The topological polar surface area (TPSA) is 77.1 Å². The third-order valence-corrected chi connectivity index (χ3v) is 7.44. The van der Waals surface area contributed by atoms with Gasteiger partial charge in [0.25, 0.3) is 11.8 Å². The molecule has 0 atom stereocenters. The van der Waals surface area contributed by atoms with E-state index in [4.69, 9.17) is 38.0 Å². The van der Waals surface area contributed by atoms with Gasteiger partial charge >= 0.3 is 0 Å². The van der Waals surface area contributed by atoms with Gasteiger partial charge in [-0.05, 0) is 66.1 Å². The molecule has 3 aromatic carbocycles. The lowest BCUT2D eigenvalue weighted by Gasteiger charge is -2.14. The number of carbonyl (C=O) groups excluding carboxylic acids is 2. The second-order valence-electron chi connectivity index (χ2n) is 8.33. The number of aryl methyl sites for hydroxylation is 1. The van der Waals surface area contributed by atoms with Crippen LogP contribution in [-0.4, -0.2) is 34.4 Å². The summed E-state index contributed by atoms with van der Waals surface area (Å²) >= 11 is 12.8. The van der Waals surface area contributed by atoms with Crippen LogP contribution in [0.5, 0.6) is 17.2 Å². The smallest absolute Gasteiger partial charge is 0.266 e. The van der Waals surface area contributed by atoms with Crippen LogP contribution in [0, 0.1) is 6.92 Å². The van der Waals surface area contributed by atoms with Crippen molar-refractivity contribution in [2.24, 2.45) is 0 Å². The maximum Gasteiger partial charge on any atom is 0.266 e. The normalized spacial score (nSPS) is 15.4. The van der Waals surface area contributed by atoms with Crippen molar-refractivity contribution in [1.82, 2.24) is 4.90 Å². The second-order valence-corrected chi connectivity index (χ2v) is 10.4. The SMILES string of the molecule is Cc1ccc(NC(=O)COc2ccc(/C=C3\SC(=S)N(Cc4ccc5c(c4)OCO5)C3=O)cc2)cc1Cl. The van der Waals surface area contributed by atoms with Gasteiger partial charge in [0.05, 0.1) is 11.4 Å². The number of carbonyl (C=O) groups is 2. The molecule has 2 aliphatic rings. The summed E-state index contributed by atoms with van der Waals surface area (Å²) in [4.78, 5) is 27.3. The lowest BCUT2D eigenvalue weighted by molar-refractivity contribution is -0.122. The van der Waals surface area contributed by atoms with Crippen LogP contribution < -0.4 is 19.5 Å². The predicted molar refractivity (Wildman–Crippen MR) is 148 cm³/mol. The van der Waals surface area contributed by atoms with Crippen LogP contribution in [0.2, 0.25) is 5.02 Å². The Labute approximate surface area is 228 Å². The number of nitrogens with zero attached hydrogens (tertiary/aromatic N) is 1. The number of thiocarbonyl (C=S) groups is 1. The number of hydrogen-bond acceptors (Lipinski definition) is 7. The zero-order valence-electron chi connectivity index (χ0n) is 19.7. The molecule has 0 radical (unpaired) electrons. The van der Waals surface area contributed by atoms with E-state index in [2.05, 4.69) is 5.32 Å². The molecule has 0 bridgehead atoms. The number of ether oxygens (including phenoxy) is 3. The Balaban J connectivity index is 1.17. The van der Waals surface area contributed by atoms with Gasteiger partial charge in [-0.2, -0.15) is 0 Å². The molecule has 2 aliphatic heterocycles. The lowest BCUT2D eigenvalue weighted by atomic mass is 10.2. The third kappa shape index (κ3) is 5.90. The molecule has 1 saturated heterocycles. The Morgan fingerprint density at radius 2 is 1.92 bits per heavy atom. The second kappa shape index (κ2) is 10.8. The highest BCUT2D eigenvalue weighted by Crippen LogP contribution is 2.36. The van der Waals surface area contributed by atoms with Gasteiger partial charge in [-0.3, -0.25) is 14.5 Å². The Hall–Kier alpha value is -3.53. The van der Waals surface area contributed by atoms with E-state index < -0.39 is 0 Å². The van der Waals surface area contributed by atoms with E-state index in [-0.39, 0.29) is 25.2 Å². The Morgan fingerprint density at radius 3 is 2.70 bits per heavy atom. The molecule has 2 heterocycles. The zero-order valence-corrected chi connectivity index (χ0v) is 22.0. The fourth-order valence-electron chi connectivity index (χ4n) is 3.69. The first-order valence-electron chi connectivity index (χ1n) is 11.3. The summed E-state index contributed by atoms with van der Waals surface area (Å²) < 4.78 is 16.8. The molecule has 1 N–H and O–H groups in total. The number of halogens is 1. The van der Waals surface area contributed by atoms with Crippen molar-refractivity contribution in [3.63, 3.8) is 0 Å². The number of benzene rings is 3. The first kappa shape index (κ1) is 25.1. The summed E-state index contributed by atoms with van der Waals surface area (Å²) in [5.41, 5.74) is 3.26. The monoisotopic (exact) mass is 552 g/mol. The fraction of sp³-hybridized carbons (Fsp3) is 0.148. The van der Waals surface area contributed by atoms with Crippen molar-refractivity contribution in [3.8, 4) is 17.2 Å². The van der Waals surface area contributed by atoms with E-state index in [1.54, 1.807) is 35.2 Å². The van der Waals surface area contributed by atoms with Gasteiger partial charge in [-0.25, -0.2) is 0 Å². The van der Waals surface area contributed by atoms with Gasteiger partial charge in [-0.15, -0.1) is 0 Å². The minimum Gasteiger partial charge on any atom is -0.484 e. The van der Waals surface area contributed by atoms with E-state index in [1.807, 2.05) is 43.3 Å². The molecule has 5 rings (SSSR count). The summed E-state index contributed by atoms with van der Waals surface area (Å²) in [6, 6.07) is 18.0. The maximum absolute atomic E-state index is 13.0. The number of nitrogens with one attached hydrogen (secondary N) is 1. The van der Waals surface area contributed by atoms with Crippen LogP contribution in [0.15, 0.2) is 65.6 Å². The van der Waals surface area contributed by atoms with E-state index >= 15 is 0 Å². The molecule has 0 spiro atoms. The minimum atomic E-state index is -0.296. The molecule has 0 aliphatic carbocycles. The number of fused-ring (bicyclic) bond motifs is 1. The molecule has 3 aromatic rings. The minimum absolute atomic E-state index is 0.149. The van der Waals surface area contributed by atoms with Gasteiger partial charge in [0.1, 0.15) is 10.1 Å². The predicted octanol–water partition coefficient (Wildman–Crippen LogP) is 5.80. The van der Waals surface area contributed by atoms with E-state index in [1.165, 1.54) is 11.8 Å². The standard InChI is InChI=1S/C27H21ClN2O5S2/c1-16-2-6-19(12-21(16)28)29-25(31)14-33-20-7-3-17(4-8-20)11-24-26(32)30(27(36)37-24)13-18-5-9-22-23(10-18)35-15-34-22/h2-12H,13-15H2,1H3,(H,29,31)/b24-11-. The van der Waals surface area contributed by atoms with Crippen molar-refractivity contribution < 1.29 is 23.8 Å². The van der Waals surface area contributed by atoms with Gasteiger partial charge in [0.15, 0.2) is 18.1 Å². The van der Waals surface area contributed by atoms with Crippen molar-refractivity contribution in [1.29, 1.82) is 0 Å². The largest absolute Gasteiger partial charge is 0.484 e. The number of amides is 2. The molecule has 188 valence electrons. The summed E-state index contributed by atoms with van der Waals surface area (Å²) in [6.45, 7) is 2.29. The quantitative estimate of drug-likeness (QED) is 0.293. The van der Waals surface area contributed by atoms with Crippen LogP contribution in [-0.2, 0) is 16.1 Å². The number of thioether (sulfide) groups is 1. The first-order valence-corrected chi connectivity index (χ1v) is 12.9. The highest BCUT2D eigenvalue weighted by molar-refractivity contribution is 8.26. The molecule has 10 heteroatoms. The molecule has 0 unspecified atom stereocenters. The average Bonchev–Trinajstić information content (AvgIpc) is 3.45. The van der Waals surface area contributed by atoms with E-state index in [0.29, 0.717) is 43.7 Å². The Bertz CT molecular complexity index is 1420. The summed E-state index contributed by atoms with van der Waals surface area (Å²) in [7, 11) is 0. The lowest BCUT2D eigenvalue weighted by Crippen LogP contribution is -2.27. The van der Waals surface area contributed by atoms with Crippen molar-refractivity contribution in [2.75, 3.05) is 18.7 Å². The number of anilines is 1. The first-order chi connectivity index (χ1) is 17.9. The summed E-state index contributed by atoms with van der Waals surface area (Å²) in [6.07, 6.45) is 1.79. The van der Waals surface area contributed by atoms with Crippen LogP contribution in [0.3, 0.4) is 0 Å². The fourth-order valence-corrected chi connectivity index (χ4v) is 5.12. The van der Waals surface area contributed by atoms with Crippen LogP contribution in [0.4, 0.5) is 5.69 Å². The van der Waals surface area contributed by atoms with E-state index in [0.717, 1.165) is 16.7 Å². The molecular weight excluding hydrogens is 532 g/mol. The van der Waals surface area contributed by atoms with Gasteiger partial charge < -0.3 is 19.5 Å². The molecule has 37 heavy (non-hydrogen) atoms. The molecule has 0 aromatic heterocycles. The maximum atomic E-state index is 13.0. The van der Waals surface area contributed by atoms with Crippen LogP contribution >= 0.6 is 35.6 Å². The Morgan fingerprint density at radius 1 is 1.14 bits per heavy atom. The van der Waals surface area contributed by atoms with Crippen LogP contribution in [0.25, 0.3) is 6.08 Å². The molecule has 7 nitrogen and oxygen atoms in total. The van der Waals surface area contributed by atoms with Crippen LogP contribution in [0.1, 0.15) is 16.7 Å². The number of hydrogen-bond donors (Lipinski definition) is 1. The highest BCUT2D eigenvalue weighted by Gasteiger charge is 2.32. The average molecular weight is 553 g/mol. The van der Waals surface area contributed by atoms with Gasteiger partial charge in [-0.1, -0.05) is 59.8 Å². The number of rotatable bonds is 7. The van der Waals surface area contributed by atoms with Gasteiger partial charge in [0.2, 0.25) is 6.79 Å².